The Kier molecular flexibility index (Phi) is 6.31. The number of rotatable bonds is 5. The summed E-state index contributed by atoms with van der Waals surface area (Å²) >= 11 is 0. The molecule has 1 aromatic carbocycles. The van der Waals surface area contributed by atoms with Crippen LogP contribution in [0.2, 0.25) is 0 Å². The molecule has 1 aliphatic heterocycles. The number of carbonyl (C=O) groups excluding carboxylic acids is 2. The number of phenols is 2. The summed E-state index contributed by atoms with van der Waals surface area (Å²) in [5.74, 6) is -1.97. The van der Waals surface area contributed by atoms with Crippen LogP contribution in [0.4, 0.5) is 0 Å². The summed E-state index contributed by atoms with van der Waals surface area (Å²) in [7, 11) is 0. The summed E-state index contributed by atoms with van der Waals surface area (Å²) in [6.45, 7) is 6.20. The van der Waals surface area contributed by atoms with Crippen molar-refractivity contribution in [2.45, 2.75) is 46.2 Å². The summed E-state index contributed by atoms with van der Waals surface area (Å²) in [4.78, 5) is 22.6. The number of phenolic OH excluding ortho intramolecular Hbond substituents is 2. The van der Waals surface area contributed by atoms with Crippen LogP contribution in [0.3, 0.4) is 0 Å². The summed E-state index contributed by atoms with van der Waals surface area (Å²) < 4.78 is 22.0. The number of hydrogen-bond donors (Lipinski definition) is 2. The van der Waals surface area contributed by atoms with Gasteiger partial charge in [0.15, 0.2) is 11.5 Å². The highest BCUT2D eigenvalue weighted by molar-refractivity contribution is 5.66. The molecule has 8 heteroatoms. The SMILES string of the molecule is CC(=O)OC[C@H]1O[C@@H](Oc2cccc(O)c2O)[C@H](C)[C@@H](C)[C@H]1OC(C)=O. The fraction of sp³-hybridized carbons (Fsp3) is 0.556. The lowest BCUT2D eigenvalue weighted by Crippen LogP contribution is -2.54. The molecule has 0 radical (unpaired) electrons. The van der Waals surface area contributed by atoms with Crippen molar-refractivity contribution in [2.24, 2.45) is 11.8 Å². The highest BCUT2D eigenvalue weighted by atomic mass is 16.7. The van der Waals surface area contributed by atoms with E-state index in [0.717, 1.165) is 0 Å². The van der Waals surface area contributed by atoms with Crippen molar-refractivity contribution in [1.29, 1.82) is 0 Å². The maximum atomic E-state index is 11.4. The van der Waals surface area contributed by atoms with E-state index < -0.39 is 36.2 Å². The van der Waals surface area contributed by atoms with Crippen molar-refractivity contribution >= 4 is 11.9 Å². The summed E-state index contributed by atoms with van der Waals surface area (Å²) in [5, 5.41) is 19.5. The van der Waals surface area contributed by atoms with E-state index in [4.69, 9.17) is 18.9 Å². The Balaban J connectivity index is 2.21. The molecule has 0 unspecified atom stereocenters. The predicted molar refractivity (Wildman–Crippen MR) is 89.6 cm³/mol. The highest BCUT2D eigenvalue weighted by Gasteiger charge is 2.45. The zero-order chi connectivity index (χ0) is 19.4. The molecular formula is C18H24O8. The number of ether oxygens (including phenoxy) is 4. The fourth-order valence-electron chi connectivity index (χ4n) is 2.83. The second-order valence-electron chi connectivity index (χ2n) is 6.38. The quantitative estimate of drug-likeness (QED) is 0.599. The third-order valence-electron chi connectivity index (χ3n) is 4.43. The summed E-state index contributed by atoms with van der Waals surface area (Å²) in [5.41, 5.74) is 0. The first-order valence-corrected chi connectivity index (χ1v) is 8.34. The average molecular weight is 368 g/mol. The third kappa shape index (κ3) is 4.57. The van der Waals surface area contributed by atoms with Crippen molar-refractivity contribution in [3.8, 4) is 17.2 Å². The molecule has 0 spiro atoms. The lowest BCUT2D eigenvalue weighted by molar-refractivity contribution is -0.248. The van der Waals surface area contributed by atoms with Gasteiger partial charge in [-0.05, 0) is 12.1 Å². The van der Waals surface area contributed by atoms with Crippen molar-refractivity contribution in [3.05, 3.63) is 18.2 Å². The Labute approximate surface area is 151 Å². The van der Waals surface area contributed by atoms with Gasteiger partial charge in [-0.1, -0.05) is 19.9 Å². The molecule has 8 nitrogen and oxygen atoms in total. The van der Waals surface area contributed by atoms with E-state index in [0.29, 0.717) is 0 Å². The smallest absolute Gasteiger partial charge is 0.303 e. The van der Waals surface area contributed by atoms with Crippen LogP contribution in [0, 0.1) is 11.8 Å². The van der Waals surface area contributed by atoms with Crippen molar-refractivity contribution in [3.63, 3.8) is 0 Å². The van der Waals surface area contributed by atoms with Crippen LogP contribution in [-0.4, -0.2) is 47.3 Å². The molecule has 2 rings (SSSR count). The van der Waals surface area contributed by atoms with E-state index >= 15 is 0 Å². The molecular weight excluding hydrogens is 344 g/mol. The molecule has 0 saturated carbocycles. The van der Waals surface area contributed by atoms with Crippen LogP contribution < -0.4 is 4.74 Å². The summed E-state index contributed by atoms with van der Waals surface area (Å²) in [6, 6.07) is 4.35. The van der Waals surface area contributed by atoms with Gasteiger partial charge in [-0.25, -0.2) is 0 Å². The molecule has 1 aliphatic rings. The van der Waals surface area contributed by atoms with E-state index in [1.165, 1.54) is 32.0 Å². The first-order chi connectivity index (χ1) is 12.2. The van der Waals surface area contributed by atoms with E-state index in [9.17, 15) is 19.8 Å². The van der Waals surface area contributed by atoms with Gasteiger partial charge in [0.1, 0.15) is 18.8 Å². The van der Waals surface area contributed by atoms with E-state index in [1.54, 1.807) is 0 Å². The second-order valence-corrected chi connectivity index (χ2v) is 6.38. The Morgan fingerprint density at radius 2 is 1.81 bits per heavy atom. The topological polar surface area (TPSA) is 112 Å². The largest absolute Gasteiger partial charge is 0.504 e. The minimum Gasteiger partial charge on any atom is -0.504 e. The van der Waals surface area contributed by atoms with Gasteiger partial charge >= 0.3 is 11.9 Å². The van der Waals surface area contributed by atoms with Gasteiger partial charge in [0.25, 0.3) is 0 Å². The number of esters is 2. The fourth-order valence-corrected chi connectivity index (χ4v) is 2.83. The zero-order valence-electron chi connectivity index (χ0n) is 15.2. The lowest BCUT2D eigenvalue weighted by Gasteiger charge is -2.43. The van der Waals surface area contributed by atoms with E-state index in [-0.39, 0.29) is 29.9 Å². The predicted octanol–water partition coefficient (Wildman–Crippen LogP) is 1.97. The maximum Gasteiger partial charge on any atom is 0.303 e. The monoisotopic (exact) mass is 368 g/mol. The first kappa shape index (κ1) is 19.8. The van der Waals surface area contributed by atoms with Gasteiger partial charge in [-0.3, -0.25) is 9.59 Å². The Morgan fingerprint density at radius 3 is 2.42 bits per heavy atom. The lowest BCUT2D eigenvalue weighted by atomic mass is 9.84. The van der Waals surface area contributed by atoms with Gasteiger partial charge in [0.05, 0.1) is 0 Å². The van der Waals surface area contributed by atoms with Gasteiger partial charge in [0.2, 0.25) is 12.0 Å². The number of aromatic hydroxyl groups is 2. The number of hydrogen-bond acceptors (Lipinski definition) is 8. The standard InChI is InChI=1S/C18H24O8/c1-9-10(2)18(25-14-7-5-6-13(21)16(14)22)26-15(8-23-11(3)19)17(9)24-12(4)20/h5-7,9-10,15,17-18,21-22H,8H2,1-4H3/t9-,10-,15-,17-,18-/m1/s1. The van der Waals surface area contributed by atoms with E-state index in [2.05, 4.69) is 0 Å². The molecule has 144 valence electrons. The number of para-hydroxylation sites is 1. The minimum atomic E-state index is -0.801. The van der Waals surface area contributed by atoms with E-state index in [1.807, 2.05) is 13.8 Å². The van der Waals surface area contributed by atoms with Crippen molar-refractivity contribution < 1.29 is 38.7 Å². The Morgan fingerprint density at radius 1 is 1.12 bits per heavy atom. The minimum absolute atomic E-state index is 0.0613. The molecule has 1 aromatic rings. The average Bonchev–Trinajstić information content (AvgIpc) is 2.56. The summed E-state index contributed by atoms with van der Waals surface area (Å²) in [6.07, 6.45) is -2.14. The normalized spacial score (nSPS) is 28.2. The van der Waals surface area contributed by atoms with Gasteiger partial charge < -0.3 is 29.2 Å². The molecule has 26 heavy (non-hydrogen) atoms. The molecule has 5 atom stereocenters. The molecule has 1 heterocycles. The zero-order valence-corrected chi connectivity index (χ0v) is 15.2. The van der Waals surface area contributed by atoms with Crippen LogP contribution in [0.25, 0.3) is 0 Å². The van der Waals surface area contributed by atoms with Crippen LogP contribution >= 0.6 is 0 Å². The van der Waals surface area contributed by atoms with Crippen LogP contribution in [0.5, 0.6) is 17.2 Å². The van der Waals surface area contributed by atoms with Crippen LogP contribution in [0.15, 0.2) is 18.2 Å². The molecule has 0 bridgehead atoms. The second kappa shape index (κ2) is 8.27. The molecule has 0 amide bonds. The third-order valence-corrected chi connectivity index (χ3v) is 4.43. The van der Waals surface area contributed by atoms with Crippen molar-refractivity contribution in [2.75, 3.05) is 6.61 Å². The molecule has 0 aromatic heterocycles. The Bertz CT molecular complexity index is 659. The number of benzene rings is 1. The molecule has 1 fully saturated rings. The number of carbonyl (C=O) groups is 2. The highest BCUT2D eigenvalue weighted by Crippen LogP contribution is 2.39. The van der Waals surface area contributed by atoms with Crippen LogP contribution in [0.1, 0.15) is 27.7 Å². The molecule has 1 saturated heterocycles. The van der Waals surface area contributed by atoms with Gasteiger partial charge in [0, 0.05) is 25.7 Å². The van der Waals surface area contributed by atoms with Crippen molar-refractivity contribution in [1.82, 2.24) is 0 Å². The van der Waals surface area contributed by atoms with Gasteiger partial charge in [-0.2, -0.15) is 0 Å². The molecule has 2 N–H and O–H groups in total. The Hall–Kier alpha value is -2.48. The van der Waals surface area contributed by atoms with Gasteiger partial charge in [-0.15, -0.1) is 0 Å². The van der Waals surface area contributed by atoms with Crippen LogP contribution in [-0.2, 0) is 23.8 Å². The first-order valence-electron chi connectivity index (χ1n) is 8.34. The molecule has 0 aliphatic carbocycles. The maximum absolute atomic E-state index is 11.4.